The number of nitrogens with one attached hydrogen (secondary N) is 2. The van der Waals surface area contributed by atoms with Crippen LogP contribution >= 0.6 is 11.6 Å². The third-order valence-corrected chi connectivity index (χ3v) is 3.96. The van der Waals surface area contributed by atoms with E-state index in [-0.39, 0.29) is 21.9 Å². The van der Waals surface area contributed by atoms with Gasteiger partial charge in [-0.2, -0.15) is 5.10 Å². The van der Waals surface area contributed by atoms with E-state index in [4.69, 9.17) is 11.6 Å². The normalized spacial score (nSPS) is 10.5. The van der Waals surface area contributed by atoms with Crippen molar-refractivity contribution in [1.29, 1.82) is 0 Å². The smallest absolute Gasteiger partial charge is 0.273 e. The minimum absolute atomic E-state index is 0.0548. The maximum atomic E-state index is 12.2. The molecule has 2 heterocycles. The standard InChI is InChI=1S/C18H16ClN5O3/c1-10-7-11(2)24(23-10)16-6-3-12(9-20-16)17(26)21-22-18(27)14-8-13(19)4-5-15(14)25/h3-9,25H,1-2H3,(H,21,26)(H,22,27). The molecule has 27 heavy (non-hydrogen) atoms. The van der Waals surface area contributed by atoms with Crippen LogP contribution < -0.4 is 10.9 Å². The number of hydrazine groups is 1. The molecule has 3 aromatic rings. The van der Waals surface area contributed by atoms with Crippen LogP contribution in [0.5, 0.6) is 5.75 Å². The van der Waals surface area contributed by atoms with Crippen LogP contribution in [0.15, 0.2) is 42.6 Å². The Morgan fingerprint density at radius 3 is 2.44 bits per heavy atom. The Hall–Kier alpha value is -3.39. The van der Waals surface area contributed by atoms with Gasteiger partial charge in [0.1, 0.15) is 5.75 Å². The van der Waals surface area contributed by atoms with Crippen LogP contribution in [-0.4, -0.2) is 31.7 Å². The number of halogens is 1. The molecule has 0 fully saturated rings. The van der Waals surface area contributed by atoms with Crippen molar-refractivity contribution in [2.24, 2.45) is 0 Å². The van der Waals surface area contributed by atoms with Gasteiger partial charge in [0.25, 0.3) is 11.8 Å². The fourth-order valence-corrected chi connectivity index (χ4v) is 2.62. The highest BCUT2D eigenvalue weighted by Gasteiger charge is 2.14. The summed E-state index contributed by atoms with van der Waals surface area (Å²) in [7, 11) is 0. The number of benzene rings is 1. The van der Waals surface area contributed by atoms with Crippen LogP contribution in [0.1, 0.15) is 32.1 Å². The number of pyridine rings is 1. The average molecular weight is 386 g/mol. The van der Waals surface area contributed by atoms with Gasteiger partial charge in [0, 0.05) is 16.9 Å². The second-order valence-corrected chi connectivity index (χ2v) is 6.25. The van der Waals surface area contributed by atoms with Crippen LogP contribution in [0.25, 0.3) is 5.82 Å². The number of carbonyl (C=O) groups excluding carboxylic acids is 2. The summed E-state index contributed by atoms with van der Waals surface area (Å²) in [4.78, 5) is 28.5. The molecule has 2 aromatic heterocycles. The molecule has 138 valence electrons. The zero-order valence-corrected chi connectivity index (χ0v) is 15.3. The molecule has 3 rings (SSSR count). The number of phenols is 1. The van der Waals surface area contributed by atoms with Gasteiger partial charge in [0.05, 0.1) is 16.8 Å². The quantitative estimate of drug-likeness (QED) is 0.599. The summed E-state index contributed by atoms with van der Waals surface area (Å²) >= 11 is 5.80. The van der Waals surface area contributed by atoms with Gasteiger partial charge in [-0.25, -0.2) is 9.67 Å². The van der Waals surface area contributed by atoms with E-state index in [1.165, 1.54) is 24.4 Å². The first-order chi connectivity index (χ1) is 12.8. The summed E-state index contributed by atoms with van der Waals surface area (Å²) in [6.07, 6.45) is 1.38. The zero-order valence-electron chi connectivity index (χ0n) is 14.5. The molecule has 0 aliphatic heterocycles. The van der Waals surface area contributed by atoms with E-state index in [0.29, 0.717) is 5.82 Å². The van der Waals surface area contributed by atoms with Crippen molar-refractivity contribution in [3.05, 3.63) is 70.1 Å². The third-order valence-electron chi connectivity index (χ3n) is 3.73. The topological polar surface area (TPSA) is 109 Å². The highest BCUT2D eigenvalue weighted by atomic mass is 35.5. The van der Waals surface area contributed by atoms with Crippen LogP contribution in [0.2, 0.25) is 5.02 Å². The number of aromatic nitrogens is 3. The fourth-order valence-electron chi connectivity index (χ4n) is 2.45. The largest absolute Gasteiger partial charge is 0.507 e. The van der Waals surface area contributed by atoms with Crippen LogP contribution in [0, 0.1) is 13.8 Å². The first kappa shape index (κ1) is 18.4. The summed E-state index contributed by atoms with van der Waals surface area (Å²) in [5.74, 6) is -0.931. The Morgan fingerprint density at radius 1 is 1.07 bits per heavy atom. The Morgan fingerprint density at radius 2 is 1.81 bits per heavy atom. The Labute approximate surface area is 159 Å². The molecular formula is C18H16ClN5O3. The number of carbonyl (C=O) groups is 2. The lowest BCUT2D eigenvalue weighted by atomic mass is 10.2. The molecule has 3 N–H and O–H groups in total. The minimum atomic E-state index is -0.699. The fraction of sp³-hybridized carbons (Fsp3) is 0.111. The van der Waals surface area contributed by atoms with E-state index in [1.807, 2.05) is 19.9 Å². The van der Waals surface area contributed by atoms with E-state index in [0.717, 1.165) is 11.4 Å². The van der Waals surface area contributed by atoms with Crippen molar-refractivity contribution < 1.29 is 14.7 Å². The maximum Gasteiger partial charge on any atom is 0.273 e. The van der Waals surface area contributed by atoms with Gasteiger partial charge in [-0.15, -0.1) is 0 Å². The molecule has 0 atom stereocenters. The maximum absolute atomic E-state index is 12.2. The molecule has 0 radical (unpaired) electrons. The first-order valence-electron chi connectivity index (χ1n) is 7.94. The molecule has 8 nitrogen and oxygen atoms in total. The lowest BCUT2D eigenvalue weighted by Gasteiger charge is -2.09. The Bertz CT molecular complexity index is 1010. The van der Waals surface area contributed by atoms with Gasteiger partial charge in [-0.05, 0) is 50.2 Å². The minimum Gasteiger partial charge on any atom is -0.507 e. The van der Waals surface area contributed by atoms with Crippen molar-refractivity contribution in [2.45, 2.75) is 13.8 Å². The highest BCUT2D eigenvalue weighted by Crippen LogP contribution is 2.21. The van der Waals surface area contributed by atoms with Gasteiger partial charge in [0.2, 0.25) is 0 Å². The van der Waals surface area contributed by atoms with Crippen molar-refractivity contribution >= 4 is 23.4 Å². The molecular weight excluding hydrogens is 370 g/mol. The van der Waals surface area contributed by atoms with E-state index in [2.05, 4.69) is 20.9 Å². The second kappa shape index (κ2) is 7.46. The van der Waals surface area contributed by atoms with E-state index < -0.39 is 11.8 Å². The highest BCUT2D eigenvalue weighted by molar-refractivity contribution is 6.31. The molecule has 2 amide bonds. The molecule has 0 saturated carbocycles. The molecule has 0 unspecified atom stereocenters. The summed E-state index contributed by atoms with van der Waals surface area (Å²) in [6, 6.07) is 9.17. The lowest BCUT2D eigenvalue weighted by Crippen LogP contribution is -2.41. The number of aryl methyl sites for hydroxylation is 2. The SMILES string of the molecule is Cc1cc(C)n(-c2ccc(C(=O)NNC(=O)c3cc(Cl)ccc3O)cn2)n1. The monoisotopic (exact) mass is 385 g/mol. The lowest BCUT2D eigenvalue weighted by molar-refractivity contribution is 0.0845. The zero-order chi connectivity index (χ0) is 19.6. The van der Waals surface area contributed by atoms with Gasteiger partial charge < -0.3 is 5.11 Å². The summed E-state index contributed by atoms with van der Waals surface area (Å²) in [6.45, 7) is 3.79. The summed E-state index contributed by atoms with van der Waals surface area (Å²) < 4.78 is 1.67. The molecule has 0 spiro atoms. The molecule has 0 aliphatic carbocycles. The van der Waals surface area contributed by atoms with E-state index in [1.54, 1.807) is 16.8 Å². The van der Waals surface area contributed by atoms with Crippen molar-refractivity contribution in [3.8, 4) is 11.6 Å². The number of nitrogens with zero attached hydrogens (tertiary/aromatic N) is 3. The number of aromatic hydroxyl groups is 1. The predicted octanol–water partition coefficient (Wildman–Crippen LogP) is 2.32. The average Bonchev–Trinajstić information content (AvgIpc) is 2.99. The van der Waals surface area contributed by atoms with Gasteiger partial charge in [-0.3, -0.25) is 20.4 Å². The number of phenolic OH excluding ortho intramolecular Hbond substituents is 1. The molecule has 0 saturated heterocycles. The van der Waals surface area contributed by atoms with Gasteiger partial charge in [-0.1, -0.05) is 11.6 Å². The van der Waals surface area contributed by atoms with Crippen LogP contribution in [-0.2, 0) is 0 Å². The van der Waals surface area contributed by atoms with Crippen molar-refractivity contribution in [3.63, 3.8) is 0 Å². The van der Waals surface area contributed by atoms with Gasteiger partial charge in [0.15, 0.2) is 5.82 Å². The van der Waals surface area contributed by atoms with Crippen LogP contribution in [0.3, 0.4) is 0 Å². The number of rotatable bonds is 3. The number of hydrogen-bond acceptors (Lipinski definition) is 5. The van der Waals surface area contributed by atoms with Crippen molar-refractivity contribution in [1.82, 2.24) is 25.6 Å². The molecule has 0 aliphatic rings. The van der Waals surface area contributed by atoms with Crippen LogP contribution in [0.4, 0.5) is 0 Å². The summed E-state index contributed by atoms with van der Waals surface area (Å²) in [5.41, 5.74) is 6.46. The van der Waals surface area contributed by atoms with E-state index >= 15 is 0 Å². The second-order valence-electron chi connectivity index (χ2n) is 5.81. The Kier molecular flexibility index (Phi) is 5.09. The van der Waals surface area contributed by atoms with Gasteiger partial charge >= 0.3 is 0 Å². The van der Waals surface area contributed by atoms with E-state index in [9.17, 15) is 14.7 Å². The first-order valence-corrected chi connectivity index (χ1v) is 8.32. The summed E-state index contributed by atoms with van der Waals surface area (Å²) in [5, 5.41) is 14.3. The molecule has 9 heteroatoms. The van der Waals surface area contributed by atoms with Crippen molar-refractivity contribution in [2.75, 3.05) is 0 Å². The predicted molar refractivity (Wildman–Crippen MR) is 98.9 cm³/mol. The number of amides is 2. The molecule has 1 aromatic carbocycles. The Balaban J connectivity index is 1.67. The molecule has 0 bridgehead atoms. The third kappa shape index (κ3) is 4.06. The number of hydrogen-bond donors (Lipinski definition) is 3.